The number of Topliss-reactive ketones (excluding diaryl/α,β-unsaturated/α-hetero) is 1. The van der Waals surface area contributed by atoms with E-state index in [2.05, 4.69) is 4.90 Å². The van der Waals surface area contributed by atoms with Crippen molar-refractivity contribution in [1.29, 1.82) is 0 Å². The van der Waals surface area contributed by atoms with Gasteiger partial charge in [0.15, 0.2) is 0 Å². The van der Waals surface area contributed by atoms with Crippen molar-refractivity contribution in [3.8, 4) is 0 Å². The van der Waals surface area contributed by atoms with E-state index in [4.69, 9.17) is 4.74 Å². The number of ketones is 1. The van der Waals surface area contributed by atoms with E-state index in [1.807, 2.05) is 7.05 Å². The molecule has 1 atom stereocenters. The molecule has 1 saturated heterocycles. The van der Waals surface area contributed by atoms with Gasteiger partial charge in [0.25, 0.3) is 0 Å². The molecule has 0 radical (unpaired) electrons. The summed E-state index contributed by atoms with van der Waals surface area (Å²) in [6.07, 6.45) is 5.80. The Labute approximate surface area is 91.8 Å². The van der Waals surface area contributed by atoms with Crippen LogP contribution >= 0.6 is 0 Å². The number of hydrogen-bond donors (Lipinski definition) is 0. The Morgan fingerprint density at radius 2 is 2.07 bits per heavy atom. The van der Waals surface area contributed by atoms with Crippen LogP contribution in [-0.4, -0.2) is 43.5 Å². The van der Waals surface area contributed by atoms with Crippen molar-refractivity contribution >= 4 is 5.78 Å². The number of ether oxygens (including phenoxy) is 1. The normalized spacial score (nSPS) is 27.7. The predicted molar refractivity (Wildman–Crippen MR) is 58.8 cm³/mol. The highest BCUT2D eigenvalue weighted by atomic mass is 16.5. The van der Waals surface area contributed by atoms with Crippen LogP contribution in [0.4, 0.5) is 0 Å². The van der Waals surface area contributed by atoms with Crippen molar-refractivity contribution in [3.63, 3.8) is 0 Å². The van der Waals surface area contributed by atoms with Crippen molar-refractivity contribution in [2.24, 2.45) is 5.92 Å². The molecule has 0 N–H and O–H groups in total. The zero-order valence-electron chi connectivity index (χ0n) is 9.58. The molecule has 3 nitrogen and oxygen atoms in total. The smallest absolute Gasteiger partial charge is 0.149 e. The van der Waals surface area contributed by atoms with Crippen molar-refractivity contribution in [1.82, 2.24) is 4.90 Å². The maximum Gasteiger partial charge on any atom is 0.149 e. The molecular weight excluding hydrogens is 190 g/mol. The van der Waals surface area contributed by atoms with Gasteiger partial charge in [-0.15, -0.1) is 0 Å². The van der Waals surface area contributed by atoms with Gasteiger partial charge in [-0.05, 0) is 26.3 Å². The van der Waals surface area contributed by atoms with E-state index in [9.17, 15) is 4.79 Å². The summed E-state index contributed by atoms with van der Waals surface area (Å²) in [7, 11) is 2.05. The van der Waals surface area contributed by atoms with Gasteiger partial charge in [-0.2, -0.15) is 0 Å². The molecule has 0 amide bonds. The minimum absolute atomic E-state index is 0.356. The predicted octanol–water partition coefficient (Wildman–Crippen LogP) is 1.47. The number of carbonyl (C=O) groups excluding carboxylic acids is 1. The maximum absolute atomic E-state index is 11.9. The molecule has 1 heterocycles. The van der Waals surface area contributed by atoms with E-state index in [1.54, 1.807) is 0 Å². The lowest BCUT2D eigenvalue weighted by atomic mass is 10.0. The Morgan fingerprint density at radius 3 is 2.67 bits per heavy atom. The van der Waals surface area contributed by atoms with Gasteiger partial charge in [0, 0.05) is 18.6 Å². The van der Waals surface area contributed by atoms with Gasteiger partial charge in [-0.1, -0.05) is 12.8 Å². The van der Waals surface area contributed by atoms with Gasteiger partial charge < -0.3 is 4.74 Å². The second-order valence-electron chi connectivity index (χ2n) is 4.88. The van der Waals surface area contributed by atoms with E-state index in [1.165, 1.54) is 12.8 Å². The molecule has 2 rings (SSSR count). The van der Waals surface area contributed by atoms with Gasteiger partial charge >= 0.3 is 0 Å². The molecule has 2 fully saturated rings. The first-order chi connectivity index (χ1) is 7.27. The first-order valence-electron chi connectivity index (χ1n) is 6.08. The van der Waals surface area contributed by atoms with Gasteiger partial charge in [0.2, 0.25) is 0 Å². The fraction of sp³-hybridized carbons (Fsp3) is 0.917. The number of nitrogens with zero attached hydrogens (tertiary/aromatic N) is 1. The van der Waals surface area contributed by atoms with Gasteiger partial charge in [-0.3, -0.25) is 9.69 Å². The molecule has 2 aliphatic rings. The van der Waals surface area contributed by atoms with E-state index in [0.717, 1.165) is 32.5 Å². The second-order valence-corrected chi connectivity index (χ2v) is 4.88. The summed E-state index contributed by atoms with van der Waals surface area (Å²) in [5, 5.41) is 0. The highest BCUT2D eigenvalue weighted by Gasteiger charge is 2.26. The molecule has 15 heavy (non-hydrogen) atoms. The molecule has 1 aliphatic heterocycles. The van der Waals surface area contributed by atoms with Gasteiger partial charge in [-0.25, -0.2) is 0 Å². The summed E-state index contributed by atoms with van der Waals surface area (Å²) in [5.74, 6) is 0.802. The average molecular weight is 211 g/mol. The SMILES string of the molecule is CN(CC(=O)C1CCCC1)C1CCOC1. The third-order valence-electron chi connectivity index (χ3n) is 3.74. The first-order valence-corrected chi connectivity index (χ1v) is 6.08. The number of rotatable bonds is 4. The van der Waals surface area contributed by atoms with Gasteiger partial charge in [0.05, 0.1) is 13.2 Å². The van der Waals surface area contributed by atoms with E-state index in [-0.39, 0.29) is 0 Å². The summed E-state index contributed by atoms with van der Waals surface area (Å²) >= 11 is 0. The first kappa shape index (κ1) is 11.1. The third kappa shape index (κ3) is 2.79. The summed E-state index contributed by atoms with van der Waals surface area (Å²) in [6, 6.07) is 0.468. The van der Waals surface area contributed by atoms with E-state index >= 15 is 0 Å². The molecule has 0 spiro atoms. The van der Waals surface area contributed by atoms with Crippen LogP contribution in [0.2, 0.25) is 0 Å². The van der Waals surface area contributed by atoms with E-state index in [0.29, 0.717) is 24.3 Å². The Hall–Kier alpha value is -0.410. The molecule has 0 bridgehead atoms. The van der Waals surface area contributed by atoms with Crippen LogP contribution in [-0.2, 0) is 9.53 Å². The minimum atomic E-state index is 0.356. The van der Waals surface area contributed by atoms with Crippen LogP contribution in [0.25, 0.3) is 0 Å². The van der Waals surface area contributed by atoms with Crippen molar-refractivity contribution in [2.45, 2.75) is 38.1 Å². The van der Waals surface area contributed by atoms with Crippen LogP contribution < -0.4 is 0 Å². The van der Waals surface area contributed by atoms with Crippen molar-refractivity contribution < 1.29 is 9.53 Å². The molecule has 86 valence electrons. The van der Waals surface area contributed by atoms with Crippen molar-refractivity contribution in [3.05, 3.63) is 0 Å². The lowest BCUT2D eigenvalue weighted by molar-refractivity contribution is -0.124. The van der Waals surface area contributed by atoms with Crippen LogP contribution in [0, 0.1) is 5.92 Å². The maximum atomic E-state index is 11.9. The average Bonchev–Trinajstić information content (AvgIpc) is 2.91. The molecule has 0 aromatic heterocycles. The van der Waals surface area contributed by atoms with Crippen LogP contribution in [0.3, 0.4) is 0 Å². The highest BCUT2D eigenvalue weighted by Crippen LogP contribution is 2.26. The third-order valence-corrected chi connectivity index (χ3v) is 3.74. The minimum Gasteiger partial charge on any atom is -0.380 e. The highest BCUT2D eigenvalue weighted by molar-refractivity contribution is 5.83. The summed E-state index contributed by atoms with van der Waals surface area (Å²) in [4.78, 5) is 14.1. The topological polar surface area (TPSA) is 29.5 Å². The van der Waals surface area contributed by atoms with Crippen LogP contribution in [0.1, 0.15) is 32.1 Å². The van der Waals surface area contributed by atoms with Crippen LogP contribution in [0.5, 0.6) is 0 Å². The Balaban J connectivity index is 1.77. The molecule has 1 saturated carbocycles. The zero-order valence-corrected chi connectivity index (χ0v) is 9.58. The molecule has 1 unspecified atom stereocenters. The van der Waals surface area contributed by atoms with Gasteiger partial charge in [0.1, 0.15) is 5.78 Å². The molecule has 0 aromatic carbocycles. The molecule has 0 aromatic rings. The number of hydrogen-bond acceptors (Lipinski definition) is 3. The Bertz CT molecular complexity index is 218. The Morgan fingerprint density at radius 1 is 1.33 bits per heavy atom. The van der Waals surface area contributed by atoms with Crippen LogP contribution in [0.15, 0.2) is 0 Å². The van der Waals surface area contributed by atoms with E-state index < -0.39 is 0 Å². The molecular formula is C12H21NO2. The fourth-order valence-electron chi connectivity index (χ4n) is 2.62. The largest absolute Gasteiger partial charge is 0.380 e. The summed E-state index contributed by atoms with van der Waals surface area (Å²) < 4.78 is 5.33. The number of likely N-dealkylation sites (N-methyl/N-ethyl adjacent to an activating group) is 1. The Kier molecular flexibility index (Phi) is 3.76. The lowest BCUT2D eigenvalue weighted by Gasteiger charge is -2.23. The quantitative estimate of drug-likeness (QED) is 0.705. The summed E-state index contributed by atoms with van der Waals surface area (Å²) in [5.41, 5.74) is 0. The lowest BCUT2D eigenvalue weighted by Crippen LogP contribution is -2.37. The standard InChI is InChI=1S/C12H21NO2/c1-13(11-6-7-15-9-11)8-12(14)10-4-2-3-5-10/h10-11H,2-9H2,1H3. The monoisotopic (exact) mass is 211 g/mol. The number of carbonyl (C=O) groups is 1. The molecule has 1 aliphatic carbocycles. The second kappa shape index (κ2) is 5.08. The fourth-order valence-corrected chi connectivity index (χ4v) is 2.62. The zero-order chi connectivity index (χ0) is 10.7. The van der Waals surface area contributed by atoms with Crippen molar-refractivity contribution in [2.75, 3.05) is 26.8 Å². The molecule has 3 heteroatoms. The summed E-state index contributed by atoms with van der Waals surface area (Å²) in [6.45, 7) is 2.28.